The molecule has 24 heavy (non-hydrogen) atoms. The van der Waals surface area contributed by atoms with Crippen LogP contribution >= 0.6 is 0 Å². The lowest BCUT2D eigenvalue weighted by Gasteiger charge is -2.16. The molecule has 3 rings (SSSR count). The van der Waals surface area contributed by atoms with E-state index in [9.17, 15) is 9.59 Å². The zero-order valence-electron chi connectivity index (χ0n) is 13.9. The molecule has 4 nitrogen and oxygen atoms in total. The van der Waals surface area contributed by atoms with E-state index < -0.39 is 11.9 Å². The highest BCUT2D eigenvalue weighted by Crippen LogP contribution is 2.37. The molecule has 1 saturated heterocycles. The first kappa shape index (κ1) is 16.2. The molecule has 0 saturated carbocycles. The summed E-state index contributed by atoms with van der Waals surface area (Å²) in [6, 6.07) is 17.5. The van der Waals surface area contributed by atoms with Gasteiger partial charge in [-0.15, -0.1) is 0 Å². The average Bonchev–Trinajstić information content (AvgIpc) is 2.94. The third-order valence-electron chi connectivity index (χ3n) is 4.43. The van der Waals surface area contributed by atoms with Crippen LogP contribution in [0.2, 0.25) is 0 Å². The highest BCUT2D eigenvalue weighted by atomic mass is 16.5. The number of para-hydroxylation sites is 1. The molecule has 4 heteroatoms. The Hall–Kier alpha value is -2.62. The van der Waals surface area contributed by atoms with Crippen molar-refractivity contribution in [2.24, 2.45) is 5.92 Å². The Morgan fingerprint density at radius 1 is 1.12 bits per heavy atom. The zero-order chi connectivity index (χ0) is 17.1. The number of carbonyl (C=O) groups is 2. The number of anilines is 1. The topological polar surface area (TPSA) is 46.6 Å². The summed E-state index contributed by atoms with van der Waals surface area (Å²) in [5.74, 6) is -1.61. The third-order valence-corrected chi connectivity index (χ3v) is 4.43. The van der Waals surface area contributed by atoms with Gasteiger partial charge in [-0.1, -0.05) is 48.0 Å². The minimum Gasteiger partial charge on any atom is -0.465 e. The predicted molar refractivity (Wildman–Crippen MR) is 92.8 cm³/mol. The molecule has 1 aliphatic rings. The summed E-state index contributed by atoms with van der Waals surface area (Å²) in [4.78, 5) is 27.0. The van der Waals surface area contributed by atoms with Crippen molar-refractivity contribution < 1.29 is 14.3 Å². The Bertz CT molecular complexity index is 724. The van der Waals surface area contributed by atoms with Crippen LogP contribution in [0.5, 0.6) is 0 Å². The first-order valence-corrected chi connectivity index (χ1v) is 8.21. The fourth-order valence-corrected chi connectivity index (χ4v) is 3.18. The number of hydrogen-bond acceptors (Lipinski definition) is 3. The lowest BCUT2D eigenvalue weighted by Crippen LogP contribution is -2.31. The number of esters is 1. The number of amides is 1. The molecule has 2 atom stereocenters. The number of carbonyl (C=O) groups excluding carboxylic acids is 2. The second kappa shape index (κ2) is 6.87. The number of hydrogen-bond donors (Lipinski definition) is 0. The maximum absolute atomic E-state index is 12.9. The molecule has 0 spiro atoms. The standard InChI is InChI=1S/C20H21NO3/c1-3-24-20(23)18-17(15-11-9-14(2)10-12-15)13-21(19(18)22)16-7-5-4-6-8-16/h4-12,17-18H,3,13H2,1-2H3/t17-,18-/m1/s1. The average molecular weight is 323 g/mol. The molecular weight excluding hydrogens is 302 g/mol. The van der Waals surface area contributed by atoms with Crippen molar-refractivity contribution in [1.29, 1.82) is 0 Å². The second-order valence-electron chi connectivity index (χ2n) is 6.03. The lowest BCUT2D eigenvalue weighted by molar-refractivity contribution is -0.150. The van der Waals surface area contributed by atoms with E-state index in [0.29, 0.717) is 6.54 Å². The summed E-state index contributed by atoms with van der Waals surface area (Å²) in [7, 11) is 0. The second-order valence-corrected chi connectivity index (χ2v) is 6.03. The van der Waals surface area contributed by atoms with Crippen LogP contribution in [-0.4, -0.2) is 25.0 Å². The summed E-state index contributed by atoms with van der Waals surface area (Å²) in [6.07, 6.45) is 0. The summed E-state index contributed by atoms with van der Waals surface area (Å²) < 4.78 is 5.17. The Kier molecular flexibility index (Phi) is 4.65. The molecule has 124 valence electrons. The van der Waals surface area contributed by atoms with Crippen LogP contribution in [0.15, 0.2) is 54.6 Å². The van der Waals surface area contributed by atoms with E-state index >= 15 is 0 Å². The summed E-state index contributed by atoms with van der Waals surface area (Å²) in [5, 5.41) is 0. The third kappa shape index (κ3) is 3.04. The highest BCUT2D eigenvalue weighted by Gasteiger charge is 2.47. The van der Waals surface area contributed by atoms with Crippen LogP contribution in [0.4, 0.5) is 5.69 Å². The van der Waals surface area contributed by atoms with Crippen molar-refractivity contribution in [3.05, 3.63) is 65.7 Å². The first-order valence-electron chi connectivity index (χ1n) is 8.21. The maximum atomic E-state index is 12.9. The van der Waals surface area contributed by atoms with Gasteiger partial charge in [0.05, 0.1) is 6.61 Å². The molecule has 1 heterocycles. The van der Waals surface area contributed by atoms with Gasteiger partial charge in [-0.25, -0.2) is 0 Å². The maximum Gasteiger partial charge on any atom is 0.319 e. The molecule has 0 aliphatic carbocycles. The molecule has 1 aliphatic heterocycles. The van der Waals surface area contributed by atoms with Gasteiger partial charge in [-0.2, -0.15) is 0 Å². The minimum atomic E-state index is -0.784. The Labute approximate surface area is 142 Å². The van der Waals surface area contributed by atoms with E-state index in [0.717, 1.165) is 16.8 Å². The van der Waals surface area contributed by atoms with Crippen LogP contribution in [0.1, 0.15) is 24.0 Å². The molecule has 0 N–H and O–H groups in total. The predicted octanol–water partition coefficient (Wildman–Crippen LogP) is 3.30. The highest BCUT2D eigenvalue weighted by molar-refractivity contribution is 6.09. The van der Waals surface area contributed by atoms with Gasteiger partial charge in [0.25, 0.3) is 0 Å². The summed E-state index contributed by atoms with van der Waals surface area (Å²) >= 11 is 0. The smallest absolute Gasteiger partial charge is 0.319 e. The largest absolute Gasteiger partial charge is 0.465 e. The Balaban J connectivity index is 1.97. The van der Waals surface area contributed by atoms with Gasteiger partial charge in [0.15, 0.2) is 0 Å². The van der Waals surface area contributed by atoms with Gasteiger partial charge in [-0.05, 0) is 31.5 Å². The van der Waals surface area contributed by atoms with Gasteiger partial charge in [0, 0.05) is 18.2 Å². The monoisotopic (exact) mass is 323 g/mol. The van der Waals surface area contributed by atoms with Crippen LogP contribution in [0.3, 0.4) is 0 Å². The van der Waals surface area contributed by atoms with Crippen LogP contribution in [-0.2, 0) is 14.3 Å². The number of rotatable bonds is 4. The Morgan fingerprint density at radius 3 is 2.42 bits per heavy atom. The fraction of sp³-hybridized carbons (Fsp3) is 0.300. The summed E-state index contributed by atoms with van der Waals surface area (Å²) in [5.41, 5.74) is 2.95. The van der Waals surface area contributed by atoms with Crippen molar-refractivity contribution in [3.8, 4) is 0 Å². The van der Waals surface area contributed by atoms with Gasteiger partial charge in [-0.3, -0.25) is 9.59 Å². The molecule has 0 unspecified atom stereocenters. The van der Waals surface area contributed by atoms with Crippen molar-refractivity contribution in [2.45, 2.75) is 19.8 Å². The molecule has 1 amide bonds. The number of nitrogens with zero attached hydrogens (tertiary/aromatic N) is 1. The number of benzene rings is 2. The Morgan fingerprint density at radius 2 is 1.79 bits per heavy atom. The van der Waals surface area contributed by atoms with Crippen LogP contribution in [0, 0.1) is 12.8 Å². The normalized spacial score (nSPS) is 20.2. The van der Waals surface area contributed by atoms with Gasteiger partial charge < -0.3 is 9.64 Å². The van der Waals surface area contributed by atoms with Crippen molar-refractivity contribution >= 4 is 17.6 Å². The van der Waals surface area contributed by atoms with Gasteiger partial charge in [0.1, 0.15) is 5.92 Å². The van der Waals surface area contributed by atoms with Crippen molar-refractivity contribution in [1.82, 2.24) is 0 Å². The lowest BCUT2D eigenvalue weighted by atomic mass is 9.88. The molecule has 0 bridgehead atoms. The molecule has 2 aromatic rings. The SMILES string of the molecule is CCOC(=O)[C@H]1C(=O)N(c2ccccc2)C[C@@H]1c1ccc(C)cc1. The molecule has 2 aromatic carbocycles. The van der Waals surface area contributed by atoms with Crippen LogP contribution in [0.25, 0.3) is 0 Å². The van der Waals surface area contributed by atoms with Crippen LogP contribution < -0.4 is 4.90 Å². The first-order chi connectivity index (χ1) is 11.6. The van der Waals surface area contributed by atoms with Crippen molar-refractivity contribution in [3.63, 3.8) is 0 Å². The number of aryl methyl sites for hydroxylation is 1. The quantitative estimate of drug-likeness (QED) is 0.640. The van der Waals surface area contributed by atoms with Gasteiger partial charge >= 0.3 is 5.97 Å². The van der Waals surface area contributed by atoms with Crippen molar-refractivity contribution in [2.75, 3.05) is 18.1 Å². The molecule has 0 radical (unpaired) electrons. The van der Waals surface area contributed by atoms with E-state index in [1.165, 1.54) is 0 Å². The molecule has 1 fully saturated rings. The van der Waals surface area contributed by atoms with E-state index in [-0.39, 0.29) is 18.4 Å². The minimum absolute atomic E-state index is 0.190. The fourth-order valence-electron chi connectivity index (χ4n) is 3.18. The number of ether oxygens (including phenoxy) is 1. The van der Waals surface area contributed by atoms with E-state index in [2.05, 4.69) is 0 Å². The molecular formula is C20H21NO3. The zero-order valence-corrected chi connectivity index (χ0v) is 13.9. The van der Waals surface area contributed by atoms with E-state index in [4.69, 9.17) is 4.74 Å². The van der Waals surface area contributed by atoms with E-state index in [1.807, 2.05) is 61.5 Å². The van der Waals surface area contributed by atoms with Gasteiger partial charge in [0.2, 0.25) is 5.91 Å². The van der Waals surface area contributed by atoms with E-state index in [1.54, 1.807) is 11.8 Å². The summed E-state index contributed by atoms with van der Waals surface area (Å²) in [6.45, 7) is 4.53. The molecule has 0 aromatic heterocycles.